The van der Waals surface area contributed by atoms with Crippen LogP contribution in [-0.2, 0) is 0 Å². The summed E-state index contributed by atoms with van der Waals surface area (Å²) in [6, 6.07) is 7.44. The first-order valence-electron chi connectivity index (χ1n) is 8.14. The van der Waals surface area contributed by atoms with Gasteiger partial charge < -0.3 is 10.2 Å². The molecule has 118 valence electrons. The molecule has 2 nitrogen and oxygen atoms in total. The van der Waals surface area contributed by atoms with Crippen LogP contribution in [-0.4, -0.2) is 26.2 Å². The van der Waals surface area contributed by atoms with E-state index in [1.807, 2.05) is 6.07 Å². The van der Waals surface area contributed by atoms with Gasteiger partial charge in [0.1, 0.15) is 5.82 Å². The van der Waals surface area contributed by atoms with E-state index in [2.05, 4.69) is 38.0 Å². The lowest BCUT2D eigenvalue weighted by Gasteiger charge is -2.34. The third kappa shape index (κ3) is 3.97. The van der Waals surface area contributed by atoms with Gasteiger partial charge in [-0.05, 0) is 55.3 Å². The number of hydrogen-bond donors (Lipinski definition) is 1. The molecular formula is C18H29FN2. The maximum atomic E-state index is 13.4. The molecule has 0 amide bonds. The van der Waals surface area contributed by atoms with Crippen LogP contribution in [0, 0.1) is 17.2 Å². The molecule has 0 radical (unpaired) electrons. The zero-order chi connectivity index (χ0) is 15.5. The monoisotopic (exact) mass is 292 g/mol. The summed E-state index contributed by atoms with van der Waals surface area (Å²) >= 11 is 0. The number of benzene rings is 1. The minimum absolute atomic E-state index is 0.160. The van der Waals surface area contributed by atoms with Gasteiger partial charge in [0.2, 0.25) is 0 Å². The Morgan fingerprint density at radius 2 is 2.14 bits per heavy atom. The Morgan fingerprint density at radius 3 is 2.81 bits per heavy atom. The fourth-order valence-corrected chi connectivity index (χ4v) is 3.63. The van der Waals surface area contributed by atoms with Crippen molar-refractivity contribution in [2.75, 3.05) is 25.0 Å². The molecule has 1 saturated carbocycles. The van der Waals surface area contributed by atoms with Gasteiger partial charge in [-0.2, -0.15) is 0 Å². The van der Waals surface area contributed by atoms with Gasteiger partial charge in [0, 0.05) is 25.3 Å². The second-order valence-corrected chi connectivity index (χ2v) is 7.08. The van der Waals surface area contributed by atoms with Gasteiger partial charge in [0.15, 0.2) is 0 Å². The van der Waals surface area contributed by atoms with Gasteiger partial charge in [0.05, 0.1) is 0 Å². The Morgan fingerprint density at radius 1 is 1.38 bits per heavy atom. The largest absolute Gasteiger partial charge is 0.374 e. The topological polar surface area (TPSA) is 15.3 Å². The molecule has 1 N–H and O–H groups in total. The summed E-state index contributed by atoms with van der Waals surface area (Å²) in [5.74, 6) is 0.464. The van der Waals surface area contributed by atoms with Crippen molar-refractivity contribution >= 4 is 5.69 Å². The SMILES string of the molecule is CCCNC1C(CN(C)c2cccc(F)c2)CCC1(C)C. The summed E-state index contributed by atoms with van der Waals surface area (Å²) in [4.78, 5) is 2.19. The lowest BCUT2D eigenvalue weighted by Crippen LogP contribution is -2.45. The molecule has 21 heavy (non-hydrogen) atoms. The molecule has 2 rings (SSSR count). The van der Waals surface area contributed by atoms with E-state index in [9.17, 15) is 4.39 Å². The fourth-order valence-electron chi connectivity index (χ4n) is 3.63. The molecular weight excluding hydrogens is 263 g/mol. The lowest BCUT2D eigenvalue weighted by molar-refractivity contribution is 0.250. The minimum atomic E-state index is -0.160. The molecule has 0 spiro atoms. The normalized spacial score (nSPS) is 24.2. The van der Waals surface area contributed by atoms with E-state index in [-0.39, 0.29) is 5.82 Å². The van der Waals surface area contributed by atoms with Gasteiger partial charge in [-0.25, -0.2) is 4.39 Å². The summed E-state index contributed by atoms with van der Waals surface area (Å²) in [7, 11) is 2.07. The van der Waals surface area contributed by atoms with Crippen LogP contribution in [0.3, 0.4) is 0 Å². The highest BCUT2D eigenvalue weighted by atomic mass is 19.1. The van der Waals surface area contributed by atoms with Gasteiger partial charge in [0.25, 0.3) is 0 Å². The number of nitrogens with one attached hydrogen (secondary N) is 1. The molecule has 0 aliphatic heterocycles. The quantitative estimate of drug-likeness (QED) is 0.850. The van der Waals surface area contributed by atoms with Gasteiger partial charge in [-0.3, -0.25) is 0 Å². The maximum absolute atomic E-state index is 13.4. The summed E-state index contributed by atoms with van der Waals surface area (Å²) in [5.41, 5.74) is 1.32. The maximum Gasteiger partial charge on any atom is 0.125 e. The zero-order valence-corrected chi connectivity index (χ0v) is 13.8. The van der Waals surface area contributed by atoms with Crippen LogP contribution in [0.4, 0.5) is 10.1 Å². The Labute approximate surface area is 128 Å². The Kier molecular flexibility index (Phi) is 5.26. The highest BCUT2D eigenvalue weighted by molar-refractivity contribution is 5.45. The third-order valence-corrected chi connectivity index (χ3v) is 4.84. The zero-order valence-electron chi connectivity index (χ0n) is 13.8. The second kappa shape index (κ2) is 6.78. The summed E-state index contributed by atoms with van der Waals surface area (Å²) in [5, 5.41) is 3.74. The molecule has 0 bridgehead atoms. The van der Waals surface area contributed by atoms with Crippen LogP contribution < -0.4 is 10.2 Å². The van der Waals surface area contributed by atoms with E-state index in [1.165, 1.54) is 25.3 Å². The van der Waals surface area contributed by atoms with E-state index >= 15 is 0 Å². The minimum Gasteiger partial charge on any atom is -0.374 e. The van der Waals surface area contributed by atoms with Crippen molar-refractivity contribution in [3.63, 3.8) is 0 Å². The van der Waals surface area contributed by atoms with E-state index < -0.39 is 0 Å². The molecule has 0 aromatic heterocycles. The molecule has 3 heteroatoms. The van der Waals surface area contributed by atoms with Gasteiger partial charge >= 0.3 is 0 Å². The van der Waals surface area contributed by atoms with E-state index in [1.54, 1.807) is 12.1 Å². The van der Waals surface area contributed by atoms with Crippen molar-refractivity contribution in [2.45, 2.75) is 46.1 Å². The van der Waals surface area contributed by atoms with Crippen molar-refractivity contribution < 1.29 is 4.39 Å². The predicted molar refractivity (Wildman–Crippen MR) is 88.3 cm³/mol. The molecule has 0 saturated heterocycles. The van der Waals surface area contributed by atoms with Crippen LogP contribution in [0.5, 0.6) is 0 Å². The van der Waals surface area contributed by atoms with Gasteiger partial charge in [-0.15, -0.1) is 0 Å². The molecule has 2 unspecified atom stereocenters. The average Bonchev–Trinajstić information content (AvgIpc) is 2.71. The van der Waals surface area contributed by atoms with Crippen molar-refractivity contribution in [1.82, 2.24) is 5.32 Å². The highest BCUT2D eigenvalue weighted by Gasteiger charge is 2.41. The van der Waals surface area contributed by atoms with Crippen molar-refractivity contribution in [2.24, 2.45) is 11.3 Å². The third-order valence-electron chi connectivity index (χ3n) is 4.84. The predicted octanol–water partition coefficient (Wildman–Crippen LogP) is 4.07. The van der Waals surface area contributed by atoms with Crippen LogP contribution in [0.15, 0.2) is 24.3 Å². The molecule has 2 atom stereocenters. The van der Waals surface area contributed by atoms with Crippen molar-refractivity contribution in [1.29, 1.82) is 0 Å². The molecule has 1 aromatic rings. The number of anilines is 1. The first-order chi connectivity index (χ1) is 9.94. The Hall–Kier alpha value is -1.09. The molecule has 1 aliphatic carbocycles. The van der Waals surface area contributed by atoms with Crippen LogP contribution in [0.2, 0.25) is 0 Å². The molecule has 1 aromatic carbocycles. The molecule has 1 aliphatic rings. The second-order valence-electron chi connectivity index (χ2n) is 7.08. The standard InChI is InChI=1S/C18H29FN2/c1-5-11-20-17-14(9-10-18(17,2)3)13-21(4)16-8-6-7-15(19)12-16/h6-8,12,14,17,20H,5,9-11,13H2,1-4H3. The summed E-state index contributed by atoms with van der Waals surface area (Å²) in [6.07, 6.45) is 3.67. The summed E-state index contributed by atoms with van der Waals surface area (Å²) in [6.45, 7) is 9.00. The number of halogens is 1. The number of rotatable bonds is 6. The Bertz CT molecular complexity index is 458. The van der Waals surface area contributed by atoms with E-state index in [4.69, 9.17) is 0 Å². The molecule has 0 heterocycles. The first kappa shape index (κ1) is 16.3. The van der Waals surface area contributed by atoms with Crippen molar-refractivity contribution in [3.05, 3.63) is 30.1 Å². The fraction of sp³-hybridized carbons (Fsp3) is 0.667. The lowest BCUT2D eigenvalue weighted by atomic mass is 9.84. The number of nitrogens with zero attached hydrogens (tertiary/aromatic N) is 1. The summed E-state index contributed by atoms with van der Waals surface area (Å²) < 4.78 is 13.4. The molecule has 1 fully saturated rings. The van der Waals surface area contributed by atoms with Crippen LogP contribution in [0.1, 0.15) is 40.0 Å². The van der Waals surface area contributed by atoms with Gasteiger partial charge in [-0.1, -0.05) is 26.8 Å². The first-order valence-corrected chi connectivity index (χ1v) is 8.14. The van der Waals surface area contributed by atoms with E-state index in [0.717, 1.165) is 18.8 Å². The van der Waals surface area contributed by atoms with Crippen LogP contribution in [0.25, 0.3) is 0 Å². The van der Waals surface area contributed by atoms with E-state index in [0.29, 0.717) is 17.4 Å². The smallest absolute Gasteiger partial charge is 0.125 e. The van der Waals surface area contributed by atoms with Crippen molar-refractivity contribution in [3.8, 4) is 0 Å². The number of hydrogen-bond acceptors (Lipinski definition) is 2. The van der Waals surface area contributed by atoms with Crippen LogP contribution >= 0.6 is 0 Å². The average molecular weight is 292 g/mol. The highest BCUT2D eigenvalue weighted by Crippen LogP contribution is 2.41. The Balaban J connectivity index is 2.03.